The second kappa shape index (κ2) is 2.96. The largest absolute Gasteiger partial charge is 0.206 e. The van der Waals surface area contributed by atoms with Gasteiger partial charge in [0.25, 0.3) is 0 Å². The van der Waals surface area contributed by atoms with E-state index in [1.165, 1.54) is 6.08 Å². The maximum atomic E-state index is 8.16. The zero-order valence-corrected chi connectivity index (χ0v) is 5.71. The summed E-state index contributed by atoms with van der Waals surface area (Å²) in [5, 5.41) is 8.16. The van der Waals surface area contributed by atoms with Crippen LogP contribution in [0.2, 0.25) is 0 Å². The predicted molar refractivity (Wildman–Crippen MR) is 34.9 cm³/mol. The van der Waals surface area contributed by atoms with Crippen LogP contribution in [0.1, 0.15) is 6.42 Å². The van der Waals surface area contributed by atoms with E-state index in [4.69, 9.17) is 28.5 Å². The van der Waals surface area contributed by atoms with E-state index >= 15 is 0 Å². The van der Waals surface area contributed by atoms with E-state index in [1.54, 1.807) is 6.07 Å². The Kier molecular flexibility index (Phi) is 2.89. The van der Waals surface area contributed by atoms with Crippen molar-refractivity contribution in [2.45, 2.75) is 10.8 Å². The Morgan fingerprint density at radius 2 is 2.25 bits per heavy atom. The molecule has 0 heterocycles. The number of nitrogens with zero attached hydrogens (tertiary/aromatic N) is 1. The Balaban J connectivity index is 3.76. The number of alkyl halides is 2. The first-order valence-electron chi connectivity index (χ1n) is 2.02. The molecule has 0 aromatic carbocycles. The van der Waals surface area contributed by atoms with Crippen molar-refractivity contribution in [2.75, 3.05) is 0 Å². The third kappa shape index (κ3) is 2.90. The van der Waals surface area contributed by atoms with Gasteiger partial charge >= 0.3 is 0 Å². The van der Waals surface area contributed by atoms with Crippen LogP contribution >= 0.6 is 23.2 Å². The van der Waals surface area contributed by atoms with Gasteiger partial charge in [0.05, 0.1) is 0 Å². The molecule has 0 unspecified atom stereocenters. The highest BCUT2D eigenvalue weighted by atomic mass is 35.5. The minimum Gasteiger partial charge on any atom is -0.195 e. The minimum atomic E-state index is -1.28. The molecule has 0 saturated heterocycles. The highest BCUT2D eigenvalue weighted by Gasteiger charge is 2.19. The molecule has 1 nitrogen and oxygen atoms in total. The lowest BCUT2D eigenvalue weighted by atomic mass is 10.3. The number of rotatable bonds is 2. The maximum absolute atomic E-state index is 8.16. The Morgan fingerprint density at radius 3 is 2.38 bits per heavy atom. The summed E-state index contributed by atoms with van der Waals surface area (Å²) in [7, 11) is 0. The third-order valence-electron chi connectivity index (χ3n) is 0.564. The molecule has 0 bridgehead atoms. The summed E-state index contributed by atoms with van der Waals surface area (Å²) in [5.74, 6) is 0. The summed E-state index contributed by atoms with van der Waals surface area (Å²) in [4.78, 5) is 0. The molecule has 8 heavy (non-hydrogen) atoms. The number of hydrogen-bond acceptors (Lipinski definition) is 1. The van der Waals surface area contributed by atoms with E-state index in [0.29, 0.717) is 6.42 Å². The van der Waals surface area contributed by atoms with Gasteiger partial charge in [-0.3, -0.25) is 0 Å². The SMILES string of the molecule is C=CCC(Cl)(Cl)C#N. The second-order valence-electron chi connectivity index (χ2n) is 1.31. The van der Waals surface area contributed by atoms with Crippen LogP contribution in [0.5, 0.6) is 0 Å². The zero-order chi connectivity index (χ0) is 6.62. The van der Waals surface area contributed by atoms with Gasteiger partial charge < -0.3 is 0 Å². The highest BCUT2D eigenvalue weighted by Crippen LogP contribution is 2.23. The quantitative estimate of drug-likeness (QED) is 0.437. The topological polar surface area (TPSA) is 23.8 Å². The van der Waals surface area contributed by atoms with Crippen molar-refractivity contribution in [3.05, 3.63) is 12.7 Å². The molecule has 0 N–H and O–H groups in total. The van der Waals surface area contributed by atoms with Gasteiger partial charge in [0.2, 0.25) is 4.33 Å². The molecular formula is C5H5Cl2N. The normalized spacial score (nSPS) is 10.1. The fraction of sp³-hybridized carbons (Fsp3) is 0.400. The molecule has 0 aromatic rings. The van der Waals surface area contributed by atoms with Crippen LogP contribution in [-0.4, -0.2) is 4.33 Å². The van der Waals surface area contributed by atoms with Crippen LogP contribution in [-0.2, 0) is 0 Å². The van der Waals surface area contributed by atoms with Crippen molar-refractivity contribution in [1.29, 1.82) is 5.26 Å². The molecule has 44 valence electrons. The first-order chi connectivity index (χ1) is 3.62. The van der Waals surface area contributed by atoms with E-state index in [2.05, 4.69) is 6.58 Å². The van der Waals surface area contributed by atoms with Crippen LogP contribution in [0.3, 0.4) is 0 Å². The second-order valence-corrected chi connectivity index (χ2v) is 2.79. The zero-order valence-electron chi connectivity index (χ0n) is 4.19. The van der Waals surface area contributed by atoms with Crippen molar-refractivity contribution in [2.24, 2.45) is 0 Å². The standard InChI is InChI=1S/C5H5Cl2N/c1-2-3-5(6,7)4-8/h2H,1,3H2. The lowest BCUT2D eigenvalue weighted by Crippen LogP contribution is -2.05. The average molecular weight is 150 g/mol. The third-order valence-corrected chi connectivity index (χ3v) is 1.04. The van der Waals surface area contributed by atoms with Gasteiger partial charge in [-0.1, -0.05) is 29.3 Å². The number of nitriles is 1. The molecule has 0 atom stereocenters. The van der Waals surface area contributed by atoms with Gasteiger partial charge in [-0.15, -0.1) is 6.58 Å². The van der Waals surface area contributed by atoms with Crippen LogP contribution in [0.25, 0.3) is 0 Å². The van der Waals surface area contributed by atoms with Crippen molar-refractivity contribution in [1.82, 2.24) is 0 Å². The molecule has 0 saturated carbocycles. The van der Waals surface area contributed by atoms with Crippen LogP contribution in [0, 0.1) is 11.3 Å². The highest BCUT2D eigenvalue weighted by molar-refractivity contribution is 6.50. The summed E-state index contributed by atoms with van der Waals surface area (Å²) in [6.45, 7) is 3.37. The summed E-state index contributed by atoms with van der Waals surface area (Å²) in [6, 6.07) is 1.70. The van der Waals surface area contributed by atoms with Gasteiger partial charge in [0, 0.05) is 6.42 Å². The smallest absolute Gasteiger partial charge is 0.195 e. The predicted octanol–water partition coefficient (Wildman–Crippen LogP) is 2.26. The maximum Gasteiger partial charge on any atom is 0.206 e. The summed E-state index contributed by atoms with van der Waals surface area (Å²) < 4.78 is -1.28. The molecule has 0 aliphatic rings. The Morgan fingerprint density at radius 1 is 1.75 bits per heavy atom. The lowest BCUT2D eigenvalue weighted by molar-refractivity contribution is 0.990. The van der Waals surface area contributed by atoms with E-state index < -0.39 is 4.33 Å². The number of halogens is 2. The molecule has 0 radical (unpaired) electrons. The van der Waals surface area contributed by atoms with Crippen molar-refractivity contribution >= 4 is 23.2 Å². The molecule has 3 heteroatoms. The first-order valence-corrected chi connectivity index (χ1v) is 2.78. The molecule has 0 aliphatic heterocycles. The molecule has 0 fully saturated rings. The molecule has 0 amide bonds. The van der Waals surface area contributed by atoms with E-state index in [0.717, 1.165) is 0 Å². The van der Waals surface area contributed by atoms with Gasteiger partial charge in [-0.05, 0) is 0 Å². The van der Waals surface area contributed by atoms with Gasteiger partial charge in [-0.2, -0.15) is 5.26 Å². The lowest BCUT2D eigenvalue weighted by Gasteiger charge is -2.03. The number of hydrogen-bond donors (Lipinski definition) is 0. The minimum absolute atomic E-state index is 0.298. The summed E-state index contributed by atoms with van der Waals surface area (Å²) >= 11 is 10.7. The fourth-order valence-electron chi connectivity index (χ4n) is 0.227. The van der Waals surface area contributed by atoms with Crippen LogP contribution in [0.4, 0.5) is 0 Å². The molecule has 0 aromatic heterocycles. The van der Waals surface area contributed by atoms with E-state index in [1.807, 2.05) is 0 Å². The van der Waals surface area contributed by atoms with E-state index in [-0.39, 0.29) is 0 Å². The van der Waals surface area contributed by atoms with Crippen molar-refractivity contribution in [3.63, 3.8) is 0 Å². The average Bonchev–Trinajstić information content (AvgIpc) is 1.67. The summed E-state index contributed by atoms with van der Waals surface area (Å²) in [5.41, 5.74) is 0. The van der Waals surface area contributed by atoms with Crippen molar-refractivity contribution < 1.29 is 0 Å². The fourth-order valence-corrected chi connectivity index (χ4v) is 0.445. The van der Waals surface area contributed by atoms with Crippen LogP contribution in [0.15, 0.2) is 12.7 Å². The number of allylic oxidation sites excluding steroid dienone is 1. The molecular weight excluding hydrogens is 145 g/mol. The Labute approximate surface area is 58.5 Å². The van der Waals surface area contributed by atoms with E-state index in [9.17, 15) is 0 Å². The molecule has 0 spiro atoms. The molecule has 0 aliphatic carbocycles. The van der Waals surface area contributed by atoms with Crippen molar-refractivity contribution in [3.8, 4) is 6.07 Å². The Hall–Kier alpha value is -0.190. The molecule has 0 rings (SSSR count). The van der Waals surface area contributed by atoms with Gasteiger partial charge in [0.1, 0.15) is 6.07 Å². The summed E-state index contributed by atoms with van der Waals surface area (Å²) in [6.07, 6.45) is 1.80. The van der Waals surface area contributed by atoms with Crippen LogP contribution < -0.4 is 0 Å². The van der Waals surface area contributed by atoms with Gasteiger partial charge in [-0.25, -0.2) is 0 Å². The van der Waals surface area contributed by atoms with Gasteiger partial charge in [0.15, 0.2) is 0 Å². The monoisotopic (exact) mass is 149 g/mol. The Bertz CT molecular complexity index is 123. The first kappa shape index (κ1) is 7.81.